The Hall–Kier alpha value is -0.220. The zero-order valence-corrected chi connectivity index (χ0v) is 10.3. The maximum atomic E-state index is 11.5. The Bertz CT molecular complexity index is 191. The van der Waals surface area contributed by atoms with Gasteiger partial charge in [-0.2, -0.15) is 11.8 Å². The highest BCUT2D eigenvalue weighted by molar-refractivity contribution is 7.99. The predicted molar refractivity (Wildman–Crippen MR) is 66.0 cm³/mol. The molecule has 0 bridgehead atoms. The molecule has 0 aromatic rings. The topological polar surface area (TPSA) is 55.1 Å². The molecule has 1 amide bonds. The van der Waals surface area contributed by atoms with Crippen LogP contribution in [-0.2, 0) is 4.79 Å². The number of amides is 1. The number of thioether (sulfide) groups is 1. The molecule has 1 heterocycles. The Morgan fingerprint density at radius 2 is 2.47 bits per heavy atom. The van der Waals surface area contributed by atoms with E-state index in [1.807, 2.05) is 18.7 Å². The molecule has 1 saturated heterocycles. The quantitative estimate of drug-likeness (QED) is 0.753. The van der Waals surface area contributed by atoms with Gasteiger partial charge in [0.15, 0.2) is 0 Å². The highest BCUT2D eigenvalue weighted by Crippen LogP contribution is 2.16. The number of hydrogen-bond donors (Lipinski definition) is 2. The summed E-state index contributed by atoms with van der Waals surface area (Å²) in [5.41, 5.74) is 5.63. The molecule has 1 aliphatic heterocycles. The molecule has 0 spiro atoms. The van der Waals surface area contributed by atoms with Crippen LogP contribution in [0.5, 0.6) is 0 Å². The largest absolute Gasteiger partial charge is 0.353 e. The summed E-state index contributed by atoms with van der Waals surface area (Å²) in [4.78, 5) is 11.5. The molecular weight excluding hydrogens is 208 g/mol. The normalized spacial score (nSPS) is 23.5. The third-order valence-corrected chi connectivity index (χ3v) is 3.80. The van der Waals surface area contributed by atoms with Crippen LogP contribution in [0, 0.1) is 0 Å². The predicted octanol–water partition coefficient (Wildman–Crippen LogP) is 1.52. The molecule has 88 valence electrons. The van der Waals surface area contributed by atoms with Gasteiger partial charge in [0.1, 0.15) is 0 Å². The van der Waals surface area contributed by atoms with Crippen molar-refractivity contribution >= 4 is 17.7 Å². The Labute approximate surface area is 96.6 Å². The summed E-state index contributed by atoms with van der Waals surface area (Å²) in [7, 11) is 0. The lowest BCUT2D eigenvalue weighted by molar-refractivity contribution is -0.121. The van der Waals surface area contributed by atoms with Gasteiger partial charge in [0.2, 0.25) is 5.91 Å². The standard InChI is InChI=1S/C11H22N2OS/c1-9(12)4-2-6-11(14)13-10-5-3-7-15-8-10/h9-10H,2-8,12H2,1H3,(H,13,14). The minimum Gasteiger partial charge on any atom is -0.353 e. The van der Waals surface area contributed by atoms with Gasteiger partial charge in [-0.3, -0.25) is 4.79 Å². The highest BCUT2D eigenvalue weighted by atomic mass is 32.2. The van der Waals surface area contributed by atoms with Crippen LogP contribution in [0.25, 0.3) is 0 Å². The monoisotopic (exact) mass is 230 g/mol. The van der Waals surface area contributed by atoms with Gasteiger partial charge >= 0.3 is 0 Å². The van der Waals surface area contributed by atoms with Crippen LogP contribution in [0.4, 0.5) is 0 Å². The molecule has 0 radical (unpaired) electrons. The van der Waals surface area contributed by atoms with Gasteiger partial charge in [-0.1, -0.05) is 0 Å². The van der Waals surface area contributed by atoms with E-state index in [1.54, 1.807) is 0 Å². The van der Waals surface area contributed by atoms with Gasteiger partial charge in [-0.15, -0.1) is 0 Å². The Kier molecular flexibility index (Phi) is 6.10. The van der Waals surface area contributed by atoms with Crippen molar-refractivity contribution in [1.82, 2.24) is 5.32 Å². The van der Waals surface area contributed by atoms with Crippen molar-refractivity contribution in [2.45, 2.75) is 51.1 Å². The second-order valence-electron chi connectivity index (χ2n) is 4.35. The lowest BCUT2D eigenvalue weighted by Gasteiger charge is -2.22. The fourth-order valence-electron chi connectivity index (χ4n) is 1.74. The summed E-state index contributed by atoms with van der Waals surface area (Å²) < 4.78 is 0. The number of hydrogen-bond acceptors (Lipinski definition) is 3. The smallest absolute Gasteiger partial charge is 0.220 e. The molecular formula is C11H22N2OS. The molecule has 15 heavy (non-hydrogen) atoms. The van der Waals surface area contributed by atoms with Crippen molar-refractivity contribution < 1.29 is 4.79 Å². The Morgan fingerprint density at radius 3 is 3.07 bits per heavy atom. The van der Waals surface area contributed by atoms with Crippen LogP contribution < -0.4 is 11.1 Å². The zero-order chi connectivity index (χ0) is 11.1. The third kappa shape index (κ3) is 6.05. The van der Waals surface area contributed by atoms with E-state index >= 15 is 0 Å². The maximum Gasteiger partial charge on any atom is 0.220 e. The van der Waals surface area contributed by atoms with E-state index in [0.29, 0.717) is 12.5 Å². The first-order chi connectivity index (χ1) is 7.18. The van der Waals surface area contributed by atoms with Gasteiger partial charge < -0.3 is 11.1 Å². The van der Waals surface area contributed by atoms with Crippen molar-refractivity contribution in [3.05, 3.63) is 0 Å². The van der Waals surface area contributed by atoms with E-state index < -0.39 is 0 Å². The molecule has 0 aromatic heterocycles. The van der Waals surface area contributed by atoms with Crippen LogP contribution in [0.15, 0.2) is 0 Å². The van der Waals surface area contributed by atoms with Gasteiger partial charge in [0, 0.05) is 24.3 Å². The lowest BCUT2D eigenvalue weighted by atomic mass is 10.1. The molecule has 2 unspecified atom stereocenters. The van der Waals surface area contributed by atoms with E-state index in [2.05, 4.69) is 5.32 Å². The fourth-order valence-corrected chi connectivity index (χ4v) is 2.81. The summed E-state index contributed by atoms with van der Waals surface area (Å²) in [5.74, 6) is 2.53. The molecule has 1 rings (SSSR count). The average Bonchev–Trinajstić information content (AvgIpc) is 2.18. The molecule has 0 aromatic carbocycles. The highest BCUT2D eigenvalue weighted by Gasteiger charge is 2.15. The Morgan fingerprint density at radius 1 is 1.67 bits per heavy atom. The number of carbonyl (C=O) groups is 1. The van der Waals surface area contributed by atoms with Gasteiger partial charge in [0.05, 0.1) is 0 Å². The van der Waals surface area contributed by atoms with E-state index in [0.717, 1.165) is 25.0 Å². The third-order valence-electron chi connectivity index (χ3n) is 2.59. The van der Waals surface area contributed by atoms with Crippen molar-refractivity contribution in [1.29, 1.82) is 0 Å². The summed E-state index contributed by atoms with van der Waals surface area (Å²) in [6, 6.07) is 0.620. The first kappa shape index (κ1) is 12.8. The van der Waals surface area contributed by atoms with Crippen LogP contribution in [0.2, 0.25) is 0 Å². The van der Waals surface area contributed by atoms with Crippen molar-refractivity contribution in [2.24, 2.45) is 5.73 Å². The first-order valence-electron chi connectivity index (χ1n) is 5.81. The van der Waals surface area contributed by atoms with Crippen LogP contribution >= 0.6 is 11.8 Å². The summed E-state index contributed by atoms with van der Waals surface area (Å²) in [6.45, 7) is 1.98. The minimum atomic E-state index is 0.197. The molecule has 3 N–H and O–H groups in total. The van der Waals surface area contributed by atoms with Crippen molar-refractivity contribution in [2.75, 3.05) is 11.5 Å². The minimum absolute atomic E-state index is 0.197. The van der Waals surface area contributed by atoms with E-state index in [4.69, 9.17) is 5.73 Å². The average molecular weight is 230 g/mol. The van der Waals surface area contributed by atoms with E-state index in [1.165, 1.54) is 12.2 Å². The summed E-state index contributed by atoms with van der Waals surface area (Å²) in [5, 5.41) is 3.09. The molecule has 3 nitrogen and oxygen atoms in total. The number of nitrogens with two attached hydrogens (primary N) is 1. The molecule has 2 atom stereocenters. The summed E-state index contributed by atoms with van der Waals surface area (Å²) >= 11 is 1.94. The number of nitrogens with one attached hydrogen (secondary N) is 1. The second-order valence-corrected chi connectivity index (χ2v) is 5.50. The SMILES string of the molecule is CC(N)CCCC(=O)NC1CCCSC1. The molecule has 1 fully saturated rings. The molecule has 4 heteroatoms. The second kappa shape index (κ2) is 7.12. The van der Waals surface area contributed by atoms with E-state index in [-0.39, 0.29) is 11.9 Å². The Balaban J connectivity index is 2.06. The molecule has 0 aliphatic carbocycles. The maximum absolute atomic E-state index is 11.5. The van der Waals surface area contributed by atoms with Crippen molar-refractivity contribution in [3.63, 3.8) is 0 Å². The van der Waals surface area contributed by atoms with Gasteiger partial charge in [-0.05, 0) is 38.4 Å². The van der Waals surface area contributed by atoms with Crippen LogP contribution in [-0.4, -0.2) is 29.5 Å². The van der Waals surface area contributed by atoms with Gasteiger partial charge in [0.25, 0.3) is 0 Å². The molecule has 0 saturated carbocycles. The van der Waals surface area contributed by atoms with Crippen LogP contribution in [0.1, 0.15) is 39.0 Å². The zero-order valence-electron chi connectivity index (χ0n) is 9.50. The van der Waals surface area contributed by atoms with Gasteiger partial charge in [-0.25, -0.2) is 0 Å². The first-order valence-corrected chi connectivity index (χ1v) is 6.96. The number of rotatable bonds is 5. The molecule has 1 aliphatic rings. The lowest BCUT2D eigenvalue weighted by Crippen LogP contribution is -2.38. The van der Waals surface area contributed by atoms with E-state index in [9.17, 15) is 4.79 Å². The summed E-state index contributed by atoms with van der Waals surface area (Å²) in [6.07, 6.45) is 4.85. The van der Waals surface area contributed by atoms with Crippen molar-refractivity contribution in [3.8, 4) is 0 Å². The number of carbonyl (C=O) groups excluding carboxylic acids is 1. The van der Waals surface area contributed by atoms with Crippen LogP contribution in [0.3, 0.4) is 0 Å². The fraction of sp³-hybridized carbons (Fsp3) is 0.909.